The SMILES string of the molecule is COc1cc(F)ccc1-c1cnc2sc(N3CCC4(CCC(CN)OC4)CC3)nn12.COc1cc(F)ccc1B(O)O.NCC1CCC2(CCN(c3nn4c(I)cnc4s3)CC2)CO1. The van der Waals surface area contributed by atoms with Crippen molar-refractivity contribution >= 4 is 78.0 Å². The first-order valence-corrected chi connectivity index (χ1v) is 24.2. The van der Waals surface area contributed by atoms with Gasteiger partial charge in [0.05, 0.1) is 57.7 Å². The fraction of sp³-hybridized carbons (Fsp3) is 0.524. The Kier molecular flexibility index (Phi) is 14.9. The molecular weight excluding hydrogens is 980 g/mol. The monoisotopic (exact) mass is 1030 g/mol. The minimum absolute atomic E-state index is 0.130. The van der Waals surface area contributed by atoms with Gasteiger partial charge in [-0.05, 0) is 103 Å². The van der Waals surface area contributed by atoms with Gasteiger partial charge in [-0.25, -0.2) is 23.3 Å². The highest BCUT2D eigenvalue weighted by molar-refractivity contribution is 14.1. The summed E-state index contributed by atoms with van der Waals surface area (Å²) in [6, 6.07) is 8.01. The van der Waals surface area contributed by atoms with Gasteiger partial charge in [0.2, 0.25) is 20.2 Å². The molecule has 0 saturated carbocycles. The molecule has 0 radical (unpaired) electrons. The molecule has 4 aliphatic rings. The van der Waals surface area contributed by atoms with Gasteiger partial charge in [-0.3, -0.25) is 0 Å². The Morgan fingerprint density at radius 1 is 0.750 bits per heavy atom. The Bertz CT molecular complexity index is 2470. The maximum Gasteiger partial charge on any atom is 0.492 e. The highest BCUT2D eigenvalue weighted by Gasteiger charge is 2.40. The number of ether oxygens (including phenoxy) is 4. The van der Waals surface area contributed by atoms with Crippen molar-refractivity contribution in [3.63, 3.8) is 0 Å². The van der Waals surface area contributed by atoms with Crippen molar-refractivity contribution in [3.8, 4) is 22.8 Å². The fourth-order valence-corrected chi connectivity index (χ4v) is 11.4. The van der Waals surface area contributed by atoms with Crippen LogP contribution in [-0.4, -0.2) is 125 Å². The average molecular weight is 1030 g/mol. The van der Waals surface area contributed by atoms with Crippen molar-refractivity contribution in [2.24, 2.45) is 22.3 Å². The maximum absolute atomic E-state index is 13.6. The van der Waals surface area contributed by atoms with E-state index in [4.69, 9.17) is 50.7 Å². The zero-order chi connectivity index (χ0) is 45.0. The molecule has 64 heavy (non-hydrogen) atoms. The number of rotatable bonds is 8. The van der Waals surface area contributed by atoms with Crippen LogP contribution in [0.5, 0.6) is 11.5 Å². The molecule has 4 aromatic heterocycles. The van der Waals surface area contributed by atoms with Crippen molar-refractivity contribution in [2.75, 3.05) is 76.5 Å². The molecule has 6 N–H and O–H groups in total. The molecule has 0 amide bonds. The number of aromatic nitrogens is 6. The minimum Gasteiger partial charge on any atom is -0.497 e. The van der Waals surface area contributed by atoms with Gasteiger partial charge < -0.3 is 50.3 Å². The second kappa shape index (κ2) is 20.4. The molecule has 0 bridgehead atoms. The number of halogens is 3. The fourth-order valence-electron chi connectivity index (χ4n) is 8.89. The summed E-state index contributed by atoms with van der Waals surface area (Å²) in [6.07, 6.45) is 13.3. The van der Waals surface area contributed by atoms with Gasteiger partial charge in [0.25, 0.3) is 0 Å². The lowest BCUT2D eigenvalue weighted by Gasteiger charge is -2.45. The molecule has 16 nitrogen and oxygen atoms in total. The smallest absolute Gasteiger partial charge is 0.492 e. The third kappa shape index (κ3) is 10.3. The number of imidazole rings is 2. The molecule has 0 aliphatic carbocycles. The molecule has 4 fully saturated rings. The first-order valence-electron chi connectivity index (χ1n) is 21.5. The standard InChI is InChI=1S/C21H26FN5O2S.C14H20IN5OS.C7H8BFO3/c1-28-18-10-14(22)2-3-16(18)17-12-24-19-27(17)25-20(30-19)26-8-6-21(7-9-26)5-4-15(11-23)29-13-21;15-11-8-17-12-20(11)18-13(22-12)19-5-3-14(4-6-19)2-1-10(7-16)21-9-14;1-12-7-4-5(9)2-3-6(7)8(10)11/h2-3,10,12,15H,4-9,11,13,23H2,1H3;8,10H,1-7,9,16H2;2-4,10-11H,1H3. The van der Waals surface area contributed by atoms with Gasteiger partial charge in [-0.2, -0.15) is 4.52 Å². The largest absolute Gasteiger partial charge is 0.497 e. The van der Waals surface area contributed by atoms with E-state index in [0.717, 1.165) is 112 Å². The van der Waals surface area contributed by atoms with Gasteiger partial charge in [0, 0.05) is 62.4 Å². The lowest BCUT2D eigenvalue weighted by Crippen LogP contribution is -2.46. The zero-order valence-corrected chi connectivity index (χ0v) is 39.7. The van der Waals surface area contributed by atoms with Crippen LogP contribution >= 0.6 is 45.3 Å². The Labute approximate surface area is 392 Å². The lowest BCUT2D eigenvalue weighted by molar-refractivity contribution is -0.0678. The van der Waals surface area contributed by atoms with Crippen LogP contribution in [0.4, 0.5) is 19.0 Å². The summed E-state index contributed by atoms with van der Waals surface area (Å²) in [5.41, 5.74) is 13.8. The number of methoxy groups -OCH3 is 2. The van der Waals surface area contributed by atoms with Gasteiger partial charge in [0.1, 0.15) is 26.8 Å². The van der Waals surface area contributed by atoms with Gasteiger partial charge in [-0.15, -0.1) is 10.2 Å². The predicted molar refractivity (Wildman–Crippen MR) is 253 cm³/mol. The Hall–Kier alpha value is -3.75. The third-order valence-corrected chi connectivity index (χ3v) is 15.7. The van der Waals surface area contributed by atoms with E-state index in [0.29, 0.717) is 24.3 Å². The van der Waals surface area contributed by atoms with Crippen LogP contribution in [0.25, 0.3) is 21.2 Å². The first-order chi connectivity index (χ1) is 30.9. The van der Waals surface area contributed by atoms with E-state index in [2.05, 4.69) is 42.4 Å². The van der Waals surface area contributed by atoms with Crippen molar-refractivity contribution in [2.45, 2.75) is 63.6 Å². The quantitative estimate of drug-likeness (QED) is 0.118. The number of benzene rings is 2. The topological polar surface area (TPSA) is 196 Å². The van der Waals surface area contributed by atoms with E-state index in [9.17, 15) is 8.78 Å². The van der Waals surface area contributed by atoms with Crippen molar-refractivity contribution in [1.82, 2.24) is 29.2 Å². The van der Waals surface area contributed by atoms with Gasteiger partial charge in [-0.1, -0.05) is 28.7 Å². The van der Waals surface area contributed by atoms with E-state index < -0.39 is 12.9 Å². The van der Waals surface area contributed by atoms with Crippen LogP contribution in [0.3, 0.4) is 0 Å². The highest BCUT2D eigenvalue weighted by Crippen LogP contribution is 2.44. The summed E-state index contributed by atoms with van der Waals surface area (Å²) < 4.78 is 53.0. The van der Waals surface area contributed by atoms with Crippen LogP contribution in [0.1, 0.15) is 51.4 Å². The molecule has 2 spiro atoms. The van der Waals surface area contributed by atoms with Crippen LogP contribution in [0.2, 0.25) is 0 Å². The summed E-state index contributed by atoms with van der Waals surface area (Å²) >= 11 is 5.53. The average Bonchev–Trinajstić information content (AvgIpc) is 4.11. The molecule has 4 aliphatic heterocycles. The second-order valence-electron chi connectivity index (χ2n) is 16.9. The number of nitrogens with zero attached hydrogens (tertiary/aromatic N) is 8. The molecule has 6 aromatic rings. The molecule has 8 heterocycles. The van der Waals surface area contributed by atoms with E-state index >= 15 is 0 Å². The first kappa shape index (κ1) is 46.8. The van der Waals surface area contributed by atoms with Gasteiger partial charge >= 0.3 is 7.12 Å². The number of piperidine rings is 2. The van der Waals surface area contributed by atoms with Crippen LogP contribution in [-0.2, 0) is 9.47 Å². The molecule has 344 valence electrons. The maximum atomic E-state index is 13.6. The van der Waals surface area contributed by atoms with Crippen molar-refractivity contribution < 1.29 is 37.8 Å². The lowest BCUT2D eigenvalue weighted by atomic mass is 9.73. The summed E-state index contributed by atoms with van der Waals surface area (Å²) in [5.74, 6) is -0.206. The number of hydrogen-bond acceptors (Lipinski definition) is 16. The Morgan fingerprint density at radius 3 is 1.73 bits per heavy atom. The molecule has 10 rings (SSSR count). The van der Waals surface area contributed by atoms with E-state index in [1.165, 1.54) is 58.1 Å². The Balaban J connectivity index is 0.000000144. The summed E-state index contributed by atoms with van der Waals surface area (Å²) in [7, 11) is 1.23. The number of hydrogen-bond donors (Lipinski definition) is 4. The molecule has 2 unspecified atom stereocenters. The van der Waals surface area contributed by atoms with Crippen LogP contribution in [0, 0.1) is 26.2 Å². The molecule has 2 atom stereocenters. The minimum atomic E-state index is -1.64. The van der Waals surface area contributed by atoms with Crippen molar-refractivity contribution in [3.05, 3.63) is 64.1 Å². The van der Waals surface area contributed by atoms with Gasteiger partial charge in [0.15, 0.2) is 0 Å². The molecular formula is C42H54BF2IN10O6S2. The molecule has 22 heteroatoms. The number of nitrogens with two attached hydrogens (primary N) is 2. The second-order valence-corrected chi connectivity index (χ2v) is 19.8. The van der Waals surface area contributed by atoms with Crippen LogP contribution in [0.15, 0.2) is 48.8 Å². The highest BCUT2D eigenvalue weighted by atomic mass is 127. The zero-order valence-electron chi connectivity index (χ0n) is 35.9. The van der Waals surface area contributed by atoms with E-state index in [1.54, 1.807) is 34.9 Å². The molecule has 4 saturated heterocycles. The third-order valence-electron chi connectivity index (χ3n) is 13.0. The molecule has 2 aromatic carbocycles. The van der Waals surface area contributed by atoms with E-state index in [-0.39, 0.29) is 34.7 Å². The van der Waals surface area contributed by atoms with Crippen LogP contribution < -0.4 is 36.2 Å². The number of fused-ring (bicyclic) bond motifs is 2. The van der Waals surface area contributed by atoms with Crippen molar-refractivity contribution in [1.29, 1.82) is 0 Å². The summed E-state index contributed by atoms with van der Waals surface area (Å²) in [4.78, 5) is 15.4. The summed E-state index contributed by atoms with van der Waals surface area (Å²) in [5, 5.41) is 29.1. The van der Waals surface area contributed by atoms with E-state index in [1.807, 2.05) is 15.2 Å². The predicted octanol–water partition coefficient (Wildman–Crippen LogP) is 4.96. The Morgan fingerprint density at radius 2 is 1.25 bits per heavy atom. The normalized spacial score (nSPS) is 20.5. The summed E-state index contributed by atoms with van der Waals surface area (Å²) in [6.45, 7) is 7.00. The number of anilines is 2.